The van der Waals surface area contributed by atoms with Crippen molar-refractivity contribution in [2.75, 3.05) is 0 Å². The van der Waals surface area contributed by atoms with E-state index in [-0.39, 0.29) is 28.4 Å². The van der Waals surface area contributed by atoms with Crippen molar-refractivity contribution in [3.8, 4) is 0 Å². The first-order chi connectivity index (χ1) is 21.6. The van der Waals surface area contributed by atoms with Gasteiger partial charge in [-0.1, -0.05) is 119 Å². The summed E-state index contributed by atoms with van der Waals surface area (Å²) in [6.07, 6.45) is 20.6. The van der Waals surface area contributed by atoms with Gasteiger partial charge in [0.15, 0.2) is 16.6 Å². The smallest absolute Gasteiger partial charge is 0.192 e. The number of allylic oxidation sites excluding steroid dienone is 4. The van der Waals surface area contributed by atoms with Gasteiger partial charge in [0.05, 0.1) is 18.3 Å². The fourth-order valence-corrected chi connectivity index (χ4v) is 11.1. The first-order valence-electron chi connectivity index (χ1n) is 19.4. The molecule has 3 nitrogen and oxygen atoms in total. The Hall–Kier alpha value is -0.726. The molecule has 0 aromatic heterocycles. The normalized spacial score (nSPS) is 31.3. The molecular weight excluding hydrogens is 609 g/mol. The topological polar surface area (TPSA) is 38.7 Å². The van der Waals surface area contributed by atoms with E-state index in [1.807, 2.05) is 0 Å². The first-order valence-corrected chi connectivity index (χ1v) is 25.2. The van der Waals surface area contributed by atoms with E-state index in [2.05, 4.69) is 120 Å². The van der Waals surface area contributed by atoms with Crippen molar-refractivity contribution in [2.45, 2.75) is 188 Å². The molecular formula is C42H76O3Si2. The highest BCUT2D eigenvalue weighted by Crippen LogP contribution is 2.59. The van der Waals surface area contributed by atoms with Crippen molar-refractivity contribution in [3.63, 3.8) is 0 Å². The van der Waals surface area contributed by atoms with Crippen LogP contribution in [0.25, 0.3) is 0 Å². The maximum absolute atomic E-state index is 10.7. The van der Waals surface area contributed by atoms with Crippen LogP contribution >= 0.6 is 0 Å². The van der Waals surface area contributed by atoms with Crippen LogP contribution in [0.3, 0.4) is 0 Å². The Bertz CT molecular complexity index is 1150. The monoisotopic (exact) mass is 685 g/mol. The van der Waals surface area contributed by atoms with Gasteiger partial charge in [-0.2, -0.15) is 0 Å². The first kappa shape index (κ1) is 40.7. The molecule has 0 saturated heterocycles. The third kappa shape index (κ3) is 9.74. The zero-order valence-electron chi connectivity index (χ0n) is 33.4. The number of hydrogen-bond acceptors (Lipinski definition) is 3. The third-order valence-electron chi connectivity index (χ3n) is 13.8. The lowest BCUT2D eigenvalue weighted by Crippen LogP contribution is -2.49. The molecule has 0 unspecified atom stereocenters. The molecule has 3 saturated carbocycles. The van der Waals surface area contributed by atoms with Crippen LogP contribution in [0.1, 0.15) is 133 Å². The van der Waals surface area contributed by atoms with E-state index >= 15 is 0 Å². The Morgan fingerprint density at radius 1 is 0.936 bits per heavy atom. The van der Waals surface area contributed by atoms with Gasteiger partial charge in [-0.3, -0.25) is 0 Å². The maximum atomic E-state index is 10.7. The van der Waals surface area contributed by atoms with Gasteiger partial charge in [0.2, 0.25) is 0 Å². The van der Waals surface area contributed by atoms with Crippen LogP contribution in [0.2, 0.25) is 36.3 Å². The van der Waals surface area contributed by atoms with E-state index < -0.39 is 16.6 Å². The van der Waals surface area contributed by atoms with Gasteiger partial charge in [0.25, 0.3) is 0 Å². The summed E-state index contributed by atoms with van der Waals surface area (Å²) < 4.78 is 14.2. The van der Waals surface area contributed by atoms with E-state index in [1.165, 1.54) is 43.3 Å². The van der Waals surface area contributed by atoms with Crippen molar-refractivity contribution in [1.82, 2.24) is 0 Å². The largest absolute Gasteiger partial charge is 0.413 e. The molecule has 0 radical (unpaired) electrons. The summed E-state index contributed by atoms with van der Waals surface area (Å²) in [4.78, 5) is 0. The van der Waals surface area contributed by atoms with Crippen LogP contribution in [-0.4, -0.2) is 40.1 Å². The lowest BCUT2D eigenvalue weighted by molar-refractivity contribution is 0.0969. The third-order valence-corrected chi connectivity index (χ3v) is 22.8. The van der Waals surface area contributed by atoms with Gasteiger partial charge in [0.1, 0.15) is 0 Å². The molecule has 0 aromatic rings. The molecule has 270 valence electrons. The predicted octanol–water partition coefficient (Wildman–Crippen LogP) is 12.6. The second kappa shape index (κ2) is 15.7. The molecule has 0 heterocycles. The highest BCUT2D eigenvalue weighted by atomic mass is 28.4. The lowest BCUT2D eigenvalue weighted by atomic mass is 9.61. The molecule has 3 aliphatic carbocycles. The minimum absolute atomic E-state index is 0.0180. The van der Waals surface area contributed by atoms with E-state index in [9.17, 15) is 5.11 Å². The van der Waals surface area contributed by atoms with Crippen LogP contribution in [-0.2, 0) is 8.85 Å². The zero-order valence-corrected chi connectivity index (χ0v) is 35.4. The molecule has 47 heavy (non-hydrogen) atoms. The van der Waals surface area contributed by atoms with Gasteiger partial charge < -0.3 is 14.0 Å². The molecule has 0 amide bonds. The number of aliphatic hydroxyl groups excluding tert-OH is 1. The molecule has 5 heteroatoms. The second-order valence-corrected chi connectivity index (χ2v) is 28.6. The Morgan fingerprint density at radius 3 is 2.11 bits per heavy atom. The number of rotatable bonds is 12. The fourth-order valence-electron chi connectivity index (χ4n) is 8.39. The number of fused-ring (bicyclic) bond motifs is 1. The van der Waals surface area contributed by atoms with Gasteiger partial charge in [-0.05, 0) is 121 Å². The molecule has 3 fully saturated rings. The average Bonchev–Trinajstić information content (AvgIpc) is 3.31. The molecule has 0 aromatic carbocycles. The summed E-state index contributed by atoms with van der Waals surface area (Å²) in [5, 5.41) is 11.1. The fraction of sp³-hybridized carbons (Fsp3) is 0.810. The minimum atomic E-state index is -1.99. The molecule has 3 aliphatic rings. The Kier molecular flexibility index (Phi) is 13.6. The van der Waals surface area contributed by atoms with Crippen LogP contribution in [0.5, 0.6) is 0 Å². The van der Waals surface area contributed by atoms with Crippen LogP contribution in [0.15, 0.2) is 47.6 Å². The molecule has 0 bridgehead atoms. The molecule has 0 spiro atoms. The SMILES string of the molecule is C=C1/C(=C/C=C2\CCC[C@]3(C)[C@@H]([C@H](C)/C=C/[C@H](O)CC(CC)CC)CC[C@@H]23)C[C@@H](O[Si](C)(C)C(C)(C)C)C[C@@H]1O[Si](C)(C)C(C)(C)C. The zero-order chi connectivity index (χ0) is 35.6. The van der Waals surface area contributed by atoms with Gasteiger partial charge in [-0.15, -0.1) is 0 Å². The van der Waals surface area contributed by atoms with E-state index in [1.54, 1.807) is 5.57 Å². The minimum Gasteiger partial charge on any atom is -0.413 e. The summed E-state index contributed by atoms with van der Waals surface area (Å²) >= 11 is 0. The second-order valence-electron chi connectivity index (χ2n) is 19.1. The van der Waals surface area contributed by atoms with E-state index in [0.717, 1.165) is 32.1 Å². The van der Waals surface area contributed by atoms with Crippen LogP contribution in [0, 0.1) is 29.1 Å². The van der Waals surface area contributed by atoms with E-state index in [0.29, 0.717) is 29.1 Å². The summed E-state index contributed by atoms with van der Waals surface area (Å²) in [6, 6.07) is 0. The summed E-state index contributed by atoms with van der Waals surface area (Å²) in [5.41, 5.74) is 4.47. The lowest BCUT2D eigenvalue weighted by Gasteiger charge is -2.45. The number of hydrogen-bond donors (Lipinski definition) is 1. The molecule has 1 N–H and O–H groups in total. The van der Waals surface area contributed by atoms with Crippen molar-refractivity contribution in [1.29, 1.82) is 0 Å². The van der Waals surface area contributed by atoms with Gasteiger partial charge >= 0.3 is 0 Å². The summed E-state index contributed by atoms with van der Waals surface area (Å²) in [7, 11) is -3.92. The Labute approximate surface area is 294 Å². The standard InChI is InChI=1S/C42H76O3Si2/c1-16-32(17-2)27-35(43)23-20-30(3)37-24-25-38-33(19-18-26-42(37,38)11)21-22-34-28-36(44-46(12,13)40(5,6)7)29-39(31(34)4)45-47(14,15)41(8,9)10/h20-23,30,32,35-39,43H,4,16-19,24-29H2,1-3,5-15H3/b23-20+,33-21+,34-22+/t30-,35+,36-,37-,38+,39+,42-/m1/s1. The van der Waals surface area contributed by atoms with Gasteiger partial charge in [0, 0.05) is 6.42 Å². The van der Waals surface area contributed by atoms with E-state index in [4.69, 9.17) is 15.4 Å². The van der Waals surface area contributed by atoms with Crippen LogP contribution < -0.4 is 0 Å². The van der Waals surface area contributed by atoms with Crippen molar-refractivity contribution >= 4 is 16.6 Å². The van der Waals surface area contributed by atoms with Crippen molar-refractivity contribution < 1.29 is 14.0 Å². The van der Waals surface area contributed by atoms with Crippen molar-refractivity contribution in [2.24, 2.45) is 29.1 Å². The molecule has 7 atom stereocenters. The average molecular weight is 685 g/mol. The van der Waals surface area contributed by atoms with Crippen molar-refractivity contribution in [3.05, 3.63) is 47.6 Å². The highest BCUT2D eigenvalue weighted by molar-refractivity contribution is 6.74. The molecule has 3 rings (SSSR count). The Balaban J connectivity index is 1.86. The molecule has 0 aliphatic heterocycles. The quantitative estimate of drug-likeness (QED) is 0.164. The predicted molar refractivity (Wildman–Crippen MR) is 210 cm³/mol. The summed E-state index contributed by atoms with van der Waals surface area (Å²) in [5.74, 6) is 2.40. The Morgan fingerprint density at radius 2 is 1.53 bits per heavy atom. The summed E-state index contributed by atoms with van der Waals surface area (Å²) in [6.45, 7) is 37.7. The van der Waals surface area contributed by atoms with Gasteiger partial charge in [-0.25, -0.2) is 0 Å². The maximum Gasteiger partial charge on any atom is 0.192 e. The number of aliphatic hydroxyl groups is 1. The highest BCUT2D eigenvalue weighted by Gasteiger charge is 2.50. The van der Waals surface area contributed by atoms with Crippen LogP contribution in [0.4, 0.5) is 0 Å².